The van der Waals surface area contributed by atoms with Gasteiger partial charge in [-0.1, -0.05) is 19.1 Å². The molecule has 1 heterocycles. The molecule has 112 valence electrons. The third kappa shape index (κ3) is 3.37. The molecule has 0 aliphatic carbocycles. The maximum atomic E-state index is 13.0. The second-order valence-corrected chi connectivity index (χ2v) is 5.85. The number of nitrogens with zero attached hydrogens (tertiary/aromatic N) is 1. The molecule has 0 saturated carbocycles. The zero-order valence-electron chi connectivity index (χ0n) is 12.6. The molecule has 3 nitrogen and oxygen atoms in total. The summed E-state index contributed by atoms with van der Waals surface area (Å²) < 4.78 is 18.5. The predicted octanol–water partition coefficient (Wildman–Crippen LogP) is 2.57. The van der Waals surface area contributed by atoms with E-state index in [9.17, 15) is 4.39 Å². The Morgan fingerprint density at radius 1 is 1.35 bits per heavy atom. The summed E-state index contributed by atoms with van der Waals surface area (Å²) >= 11 is 0. The van der Waals surface area contributed by atoms with Gasteiger partial charge in [-0.25, -0.2) is 4.39 Å². The van der Waals surface area contributed by atoms with E-state index in [-0.39, 0.29) is 24.0 Å². The van der Waals surface area contributed by atoms with Crippen LogP contribution < -0.4 is 5.73 Å². The predicted molar refractivity (Wildman–Crippen MR) is 78.9 cm³/mol. The number of likely N-dealkylation sites (tertiary alicyclic amines) is 1. The van der Waals surface area contributed by atoms with Crippen molar-refractivity contribution in [3.8, 4) is 0 Å². The summed E-state index contributed by atoms with van der Waals surface area (Å²) in [5.74, 6) is 0.366. The van der Waals surface area contributed by atoms with Crippen molar-refractivity contribution in [2.45, 2.75) is 38.5 Å². The Morgan fingerprint density at radius 3 is 2.60 bits per heavy atom. The zero-order chi connectivity index (χ0) is 14.7. The van der Waals surface area contributed by atoms with Gasteiger partial charge in [-0.2, -0.15) is 0 Å². The van der Waals surface area contributed by atoms with Crippen molar-refractivity contribution in [3.63, 3.8) is 0 Å². The topological polar surface area (TPSA) is 38.5 Å². The first-order valence-corrected chi connectivity index (χ1v) is 7.30. The van der Waals surface area contributed by atoms with Crippen LogP contribution in [0.5, 0.6) is 0 Å². The fraction of sp³-hybridized carbons (Fsp3) is 0.625. The van der Waals surface area contributed by atoms with Gasteiger partial charge in [-0.3, -0.25) is 4.90 Å². The van der Waals surface area contributed by atoms with Crippen LogP contribution in [0.25, 0.3) is 0 Å². The fourth-order valence-corrected chi connectivity index (χ4v) is 2.93. The van der Waals surface area contributed by atoms with Gasteiger partial charge >= 0.3 is 0 Å². The number of methoxy groups -OCH3 is 1. The molecule has 0 radical (unpaired) electrons. The smallest absolute Gasteiger partial charge is 0.123 e. The van der Waals surface area contributed by atoms with E-state index < -0.39 is 0 Å². The van der Waals surface area contributed by atoms with E-state index in [0.29, 0.717) is 5.92 Å². The summed E-state index contributed by atoms with van der Waals surface area (Å²) in [6.45, 7) is 6.32. The lowest BCUT2D eigenvalue weighted by atomic mass is 9.92. The second kappa shape index (κ2) is 6.66. The molecule has 20 heavy (non-hydrogen) atoms. The van der Waals surface area contributed by atoms with Crippen LogP contribution in [0.4, 0.5) is 4.39 Å². The van der Waals surface area contributed by atoms with Gasteiger partial charge in [0.15, 0.2) is 0 Å². The van der Waals surface area contributed by atoms with Crippen molar-refractivity contribution in [2.24, 2.45) is 11.7 Å². The van der Waals surface area contributed by atoms with Crippen LogP contribution in [-0.2, 0) is 4.74 Å². The molecule has 2 N–H and O–H groups in total. The normalized spacial score (nSPS) is 27.2. The lowest BCUT2D eigenvalue weighted by Crippen LogP contribution is -2.50. The van der Waals surface area contributed by atoms with Crippen LogP contribution in [-0.4, -0.2) is 37.2 Å². The van der Waals surface area contributed by atoms with Crippen LogP contribution in [0.3, 0.4) is 0 Å². The molecule has 1 aliphatic heterocycles. The molecule has 1 fully saturated rings. The lowest BCUT2D eigenvalue weighted by molar-refractivity contribution is -0.0200. The average Bonchev–Trinajstić information content (AvgIpc) is 2.47. The zero-order valence-corrected chi connectivity index (χ0v) is 12.6. The number of rotatable bonds is 4. The monoisotopic (exact) mass is 280 g/mol. The minimum atomic E-state index is -0.222. The van der Waals surface area contributed by atoms with Crippen LogP contribution in [0.1, 0.15) is 31.9 Å². The van der Waals surface area contributed by atoms with Gasteiger partial charge in [0.05, 0.1) is 6.10 Å². The number of ether oxygens (including phenoxy) is 1. The van der Waals surface area contributed by atoms with Crippen LogP contribution in [0.15, 0.2) is 24.3 Å². The molecule has 0 bridgehead atoms. The lowest BCUT2D eigenvalue weighted by Gasteiger charge is -2.41. The SMILES string of the molecule is COC1CN(C(C)C(N)c2ccc(F)cc2)CCC1C. The first-order valence-electron chi connectivity index (χ1n) is 7.30. The summed E-state index contributed by atoms with van der Waals surface area (Å²) in [6.07, 6.45) is 1.39. The number of halogens is 1. The van der Waals surface area contributed by atoms with Crippen LogP contribution in [0.2, 0.25) is 0 Å². The maximum Gasteiger partial charge on any atom is 0.123 e. The van der Waals surface area contributed by atoms with Crippen molar-refractivity contribution in [2.75, 3.05) is 20.2 Å². The molecule has 4 unspecified atom stereocenters. The van der Waals surface area contributed by atoms with E-state index in [1.54, 1.807) is 19.2 Å². The highest BCUT2D eigenvalue weighted by molar-refractivity contribution is 5.21. The summed E-state index contributed by atoms with van der Waals surface area (Å²) in [7, 11) is 1.77. The summed E-state index contributed by atoms with van der Waals surface area (Å²) in [5.41, 5.74) is 7.31. The van der Waals surface area contributed by atoms with Crippen molar-refractivity contribution >= 4 is 0 Å². The first kappa shape index (κ1) is 15.4. The van der Waals surface area contributed by atoms with Crippen molar-refractivity contribution in [1.82, 2.24) is 4.90 Å². The van der Waals surface area contributed by atoms with Crippen LogP contribution >= 0.6 is 0 Å². The third-order valence-corrected chi connectivity index (χ3v) is 4.57. The molecule has 4 heteroatoms. The van der Waals surface area contributed by atoms with E-state index in [0.717, 1.165) is 25.1 Å². The van der Waals surface area contributed by atoms with Crippen molar-refractivity contribution in [3.05, 3.63) is 35.6 Å². The van der Waals surface area contributed by atoms with E-state index in [2.05, 4.69) is 18.7 Å². The minimum absolute atomic E-state index is 0.110. The molecule has 4 atom stereocenters. The average molecular weight is 280 g/mol. The second-order valence-electron chi connectivity index (χ2n) is 5.85. The Bertz CT molecular complexity index is 423. The molecule has 0 amide bonds. The van der Waals surface area contributed by atoms with Gasteiger partial charge in [-0.05, 0) is 43.5 Å². The molecule has 1 aromatic carbocycles. The molecule has 1 aromatic rings. The van der Waals surface area contributed by atoms with Gasteiger partial charge in [0, 0.05) is 25.7 Å². The molecule has 2 rings (SSSR count). The number of hydrogen-bond donors (Lipinski definition) is 1. The van der Waals surface area contributed by atoms with Gasteiger partial charge in [0.2, 0.25) is 0 Å². The number of piperidine rings is 1. The highest BCUT2D eigenvalue weighted by Gasteiger charge is 2.31. The minimum Gasteiger partial charge on any atom is -0.380 e. The highest BCUT2D eigenvalue weighted by atomic mass is 19.1. The Morgan fingerprint density at radius 2 is 2.00 bits per heavy atom. The fourth-order valence-electron chi connectivity index (χ4n) is 2.93. The van der Waals surface area contributed by atoms with Gasteiger partial charge in [-0.15, -0.1) is 0 Å². The molecule has 1 saturated heterocycles. The quantitative estimate of drug-likeness (QED) is 0.921. The summed E-state index contributed by atoms with van der Waals surface area (Å²) in [6, 6.07) is 6.59. The third-order valence-electron chi connectivity index (χ3n) is 4.57. The van der Waals surface area contributed by atoms with Gasteiger partial charge in [0.25, 0.3) is 0 Å². The summed E-state index contributed by atoms with van der Waals surface area (Å²) in [5, 5.41) is 0. The molecular weight excluding hydrogens is 255 g/mol. The largest absolute Gasteiger partial charge is 0.380 e. The van der Waals surface area contributed by atoms with E-state index >= 15 is 0 Å². The van der Waals surface area contributed by atoms with E-state index in [1.165, 1.54) is 12.1 Å². The maximum absolute atomic E-state index is 13.0. The molecule has 0 spiro atoms. The van der Waals surface area contributed by atoms with Gasteiger partial charge < -0.3 is 10.5 Å². The highest BCUT2D eigenvalue weighted by Crippen LogP contribution is 2.25. The number of benzene rings is 1. The summed E-state index contributed by atoms with van der Waals surface area (Å²) in [4.78, 5) is 2.38. The van der Waals surface area contributed by atoms with Crippen molar-refractivity contribution in [1.29, 1.82) is 0 Å². The van der Waals surface area contributed by atoms with E-state index in [4.69, 9.17) is 10.5 Å². The van der Waals surface area contributed by atoms with E-state index in [1.807, 2.05) is 0 Å². The number of hydrogen-bond acceptors (Lipinski definition) is 3. The van der Waals surface area contributed by atoms with Crippen molar-refractivity contribution < 1.29 is 9.13 Å². The van der Waals surface area contributed by atoms with Crippen LogP contribution in [0, 0.1) is 11.7 Å². The standard InChI is InChI=1S/C16H25FN2O/c1-11-8-9-19(10-15(11)20-3)12(2)16(18)13-4-6-14(17)7-5-13/h4-7,11-12,15-16H,8-10,18H2,1-3H3. The Hall–Kier alpha value is -0.970. The Balaban J connectivity index is 2.03. The Labute approximate surface area is 120 Å². The van der Waals surface area contributed by atoms with Gasteiger partial charge in [0.1, 0.15) is 5.82 Å². The molecular formula is C16H25FN2O. The molecule has 0 aromatic heterocycles. The number of nitrogens with two attached hydrogens (primary N) is 1. The molecule has 1 aliphatic rings. The Kier molecular flexibility index (Phi) is 5.13. The first-order chi connectivity index (χ1) is 9.52.